The highest BCUT2D eigenvalue weighted by atomic mass is 16.3. The van der Waals surface area contributed by atoms with E-state index >= 15 is 0 Å². The van der Waals surface area contributed by atoms with Gasteiger partial charge in [0, 0.05) is 31.5 Å². The topological polar surface area (TPSA) is 87.4 Å². The predicted octanol–water partition coefficient (Wildman–Crippen LogP) is 0.617. The number of aliphatic hydroxyl groups excluding tert-OH is 1. The highest BCUT2D eigenvalue weighted by Gasteiger charge is 2.25. The minimum absolute atomic E-state index is 0.183. The SMILES string of the molecule is CCNC(=NCC1CCCC1O)NC1CCc2nc(C)nn2C1. The first-order valence-corrected chi connectivity index (χ1v) is 8.79. The lowest BCUT2D eigenvalue weighted by atomic mass is 10.1. The maximum Gasteiger partial charge on any atom is 0.191 e. The van der Waals surface area contributed by atoms with E-state index in [4.69, 9.17) is 4.99 Å². The Labute approximate surface area is 137 Å². The quantitative estimate of drug-likeness (QED) is 0.559. The van der Waals surface area contributed by atoms with Gasteiger partial charge in [-0.05, 0) is 33.1 Å². The molecule has 1 aliphatic heterocycles. The summed E-state index contributed by atoms with van der Waals surface area (Å²) in [4.78, 5) is 9.14. The summed E-state index contributed by atoms with van der Waals surface area (Å²) in [6.07, 6.45) is 4.91. The molecule has 2 aliphatic rings. The molecule has 7 heteroatoms. The van der Waals surface area contributed by atoms with Gasteiger partial charge in [-0.3, -0.25) is 4.99 Å². The first-order chi connectivity index (χ1) is 11.2. The van der Waals surface area contributed by atoms with Gasteiger partial charge in [0.2, 0.25) is 0 Å². The average molecular weight is 320 g/mol. The second-order valence-electron chi connectivity index (χ2n) is 6.62. The van der Waals surface area contributed by atoms with E-state index in [0.717, 1.165) is 62.8 Å². The minimum Gasteiger partial charge on any atom is -0.393 e. The number of hydrogen-bond donors (Lipinski definition) is 3. The number of aromatic nitrogens is 3. The Hall–Kier alpha value is -1.63. The normalized spacial score (nSPS) is 27.8. The molecule has 2 heterocycles. The van der Waals surface area contributed by atoms with Crippen molar-refractivity contribution in [3.05, 3.63) is 11.6 Å². The Morgan fingerprint density at radius 2 is 2.26 bits per heavy atom. The zero-order chi connectivity index (χ0) is 16.2. The van der Waals surface area contributed by atoms with Crippen LogP contribution in [0.2, 0.25) is 0 Å². The van der Waals surface area contributed by atoms with Gasteiger partial charge in [-0.2, -0.15) is 5.10 Å². The van der Waals surface area contributed by atoms with Gasteiger partial charge in [-0.15, -0.1) is 0 Å². The van der Waals surface area contributed by atoms with Crippen molar-refractivity contribution in [1.29, 1.82) is 0 Å². The lowest BCUT2D eigenvalue weighted by Crippen LogP contribution is -2.47. The van der Waals surface area contributed by atoms with Gasteiger partial charge in [0.05, 0.1) is 12.6 Å². The van der Waals surface area contributed by atoms with Crippen LogP contribution in [-0.2, 0) is 13.0 Å². The lowest BCUT2D eigenvalue weighted by Gasteiger charge is -2.25. The Bertz CT molecular complexity index is 555. The molecular weight excluding hydrogens is 292 g/mol. The van der Waals surface area contributed by atoms with Crippen LogP contribution in [0.3, 0.4) is 0 Å². The first-order valence-electron chi connectivity index (χ1n) is 8.79. The van der Waals surface area contributed by atoms with Crippen LogP contribution in [0.5, 0.6) is 0 Å². The Balaban J connectivity index is 1.58. The second-order valence-corrected chi connectivity index (χ2v) is 6.62. The van der Waals surface area contributed by atoms with Gasteiger partial charge in [0.15, 0.2) is 5.96 Å². The van der Waals surface area contributed by atoms with Crippen LogP contribution >= 0.6 is 0 Å². The number of aryl methyl sites for hydroxylation is 2. The first kappa shape index (κ1) is 16.2. The lowest BCUT2D eigenvalue weighted by molar-refractivity contribution is 0.136. The Kier molecular flexibility index (Phi) is 5.15. The van der Waals surface area contributed by atoms with E-state index in [2.05, 4.69) is 27.6 Å². The third-order valence-electron chi connectivity index (χ3n) is 4.75. The second kappa shape index (κ2) is 7.29. The molecule has 0 amide bonds. The van der Waals surface area contributed by atoms with Crippen molar-refractivity contribution in [2.24, 2.45) is 10.9 Å². The van der Waals surface area contributed by atoms with Gasteiger partial charge < -0.3 is 15.7 Å². The fourth-order valence-electron chi connectivity index (χ4n) is 3.50. The summed E-state index contributed by atoms with van der Waals surface area (Å²) in [5.74, 6) is 3.08. The summed E-state index contributed by atoms with van der Waals surface area (Å²) in [7, 11) is 0. The monoisotopic (exact) mass is 320 g/mol. The van der Waals surface area contributed by atoms with Crippen molar-refractivity contribution in [2.75, 3.05) is 13.1 Å². The predicted molar refractivity (Wildman–Crippen MR) is 89.3 cm³/mol. The average Bonchev–Trinajstić information content (AvgIpc) is 3.09. The zero-order valence-electron chi connectivity index (χ0n) is 14.1. The van der Waals surface area contributed by atoms with Crippen molar-refractivity contribution in [1.82, 2.24) is 25.4 Å². The summed E-state index contributed by atoms with van der Waals surface area (Å²) >= 11 is 0. The standard InChI is InChI=1S/C16H28N6O/c1-3-17-16(18-9-12-5-4-6-14(12)23)20-13-7-8-15-19-11(2)21-22(15)10-13/h12-14,23H,3-10H2,1-2H3,(H2,17,18,20). The van der Waals surface area contributed by atoms with Crippen molar-refractivity contribution >= 4 is 5.96 Å². The van der Waals surface area contributed by atoms with Gasteiger partial charge in [-0.1, -0.05) is 6.42 Å². The van der Waals surface area contributed by atoms with Crippen LogP contribution in [0.1, 0.15) is 44.3 Å². The number of fused-ring (bicyclic) bond motifs is 1. The summed E-state index contributed by atoms with van der Waals surface area (Å²) in [6, 6.07) is 0.315. The fourth-order valence-corrected chi connectivity index (χ4v) is 3.50. The molecule has 0 bridgehead atoms. The molecule has 128 valence electrons. The molecule has 0 spiro atoms. The van der Waals surface area contributed by atoms with E-state index in [1.165, 1.54) is 0 Å². The number of hydrogen-bond acceptors (Lipinski definition) is 4. The third-order valence-corrected chi connectivity index (χ3v) is 4.75. The molecule has 3 N–H and O–H groups in total. The van der Waals surface area contributed by atoms with Crippen molar-refractivity contribution < 1.29 is 5.11 Å². The van der Waals surface area contributed by atoms with Crippen LogP contribution in [-0.4, -0.2) is 51.1 Å². The van der Waals surface area contributed by atoms with Gasteiger partial charge in [0.1, 0.15) is 11.6 Å². The fraction of sp³-hybridized carbons (Fsp3) is 0.812. The summed E-state index contributed by atoms with van der Waals surface area (Å²) in [6.45, 7) is 6.36. The molecular formula is C16H28N6O. The third kappa shape index (κ3) is 4.02. The molecule has 1 fully saturated rings. The molecule has 3 rings (SSSR count). The van der Waals surface area contributed by atoms with Crippen LogP contribution in [0.25, 0.3) is 0 Å². The molecule has 23 heavy (non-hydrogen) atoms. The number of aliphatic imine (C=N–C) groups is 1. The molecule has 1 aromatic heterocycles. The maximum absolute atomic E-state index is 9.94. The molecule has 1 aromatic rings. The zero-order valence-corrected chi connectivity index (χ0v) is 14.1. The minimum atomic E-state index is -0.183. The van der Waals surface area contributed by atoms with Crippen molar-refractivity contribution in [2.45, 2.75) is 64.6 Å². The molecule has 0 aromatic carbocycles. The molecule has 3 atom stereocenters. The van der Waals surface area contributed by atoms with Crippen LogP contribution in [0.15, 0.2) is 4.99 Å². The van der Waals surface area contributed by atoms with Crippen LogP contribution in [0.4, 0.5) is 0 Å². The molecule has 0 radical (unpaired) electrons. The summed E-state index contributed by atoms with van der Waals surface area (Å²) < 4.78 is 2.00. The van der Waals surface area contributed by atoms with Crippen molar-refractivity contribution in [3.8, 4) is 0 Å². The number of aliphatic hydroxyl groups is 1. The highest BCUT2D eigenvalue weighted by Crippen LogP contribution is 2.25. The number of nitrogens with zero attached hydrogens (tertiary/aromatic N) is 4. The van der Waals surface area contributed by atoms with E-state index in [1.54, 1.807) is 0 Å². The van der Waals surface area contributed by atoms with Crippen molar-refractivity contribution in [3.63, 3.8) is 0 Å². The highest BCUT2D eigenvalue weighted by molar-refractivity contribution is 5.80. The molecule has 0 saturated heterocycles. The summed E-state index contributed by atoms with van der Waals surface area (Å²) in [5.41, 5.74) is 0. The van der Waals surface area contributed by atoms with Crippen LogP contribution < -0.4 is 10.6 Å². The Morgan fingerprint density at radius 3 is 3.00 bits per heavy atom. The van der Waals surface area contributed by atoms with E-state index < -0.39 is 0 Å². The van der Waals surface area contributed by atoms with E-state index in [1.807, 2.05) is 11.6 Å². The maximum atomic E-state index is 9.94. The van der Waals surface area contributed by atoms with Gasteiger partial charge in [-0.25, -0.2) is 9.67 Å². The van der Waals surface area contributed by atoms with E-state index in [9.17, 15) is 5.11 Å². The van der Waals surface area contributed by atoms with Gasteiger partial charge in [0.25, 0.3) is 0 Å². The van der Waals surface area contributed by atoms with E-state index in [0.29, 0.717) is 18.5 Å². The molecule has 3 unspecified atom stereocenters. The van der Waals surface area contributed by atoms with Crippen LogP contribution in [0, 0.1) is 12.8 Å². The number of guanidine groups is 1. The number of nitrogens with one attached hydrogen (secondary N) is 2. The summed E-state index contributed by atoms with van der Waals surface area (Å²) in [5, 5.41) is 21.2. The van der Waals surface area contributed by atoms with E-state index in [-0.39, 0.29) is 6.10 Å². The Morgan fingerprint density at radius 1 is 1.39 bits per heavy atom. The van der Waals surface area contributed by atoms with Gasteiger partial charge >= 0.3 is 0 Å². The largest absolute Gasteiger partial charge is 0.393 e. The smallest absolute Gasteiger partial charge is 0.191 e. The number of rotatable bonds is 4. The molecule has 1 aliphatic carbocycles. The molecule has 1 saturated carbocycles. The molecule has 7 nitrogen and oxygen atoms in total.